The van der Waals surface area contributed by atoms with Gasteiger partial charge in [0.1, 0.15) is 0 Å². The van der Waals surface area contributed by atoms with Crippen molar-refractivity contribution < 1.29 is 27.9 Å². The largest absolute Gasteiger partial charge is 0.481 e. The molecular formula is C31H44N4O6S2. The fraction of sp³-hybridized carbons (Fsp3) is 0.419. The molecule has 236 valence electrons. The number of aromatic nitrogens is 1. The number of carboxylic acids is 1. The van der Waals surface area contributed by atoms with Gasteiger partial charge in [-0.1, -0.05) is 71.9 Å². The molecule has 2 aromatic carbocycles. The third-order valence-corrected chi connectivity index (χ3v) is 8.72. The quantitative estimate of drug-likeness (QED) is 0.180. The molecule has 3 atom stereocenters. The Bertz CT molecular complexity index is 1350. The van der Waals surface area contributed by atoms with E-state index in [2.05, 4.69) is 20.3 Å². The average molecular weight is 633 g/mol. The molecule has 4 N–H and O–H groups in total. The van der Waals surface area contributed by atoms with Gasteiger partial charge in [-0.2, -0.15) is 0 Å². The van der Waals surface area contributed by atoms with E-state index in [0.29, 0.717) is 17.4 Å². The SMILES string of the molecule is CC[C@H](C)C(=O)NCc1ccccc1.CC[C@H](C)C(=O)Nc1ccc(S(=O)(=O)Nc2nccs2)cc1.CC[C@H](C)C(=O)O. The second-order valence-electron chi connectivity index (χ2n) is 9.93. The number of nitrogens with zero attached hydrogens (tertiary/aromatic N) is 1. The number of thiazole rings is 1. The van der Waals surface area contributed by atoms with Gasteiger partial charge in [0.2, 0.25) is 11.8 Å². The number of sulfonamides is 1. The maximum absolute atomic E-state index is 12.2. The van der Waals surface area contributed by atoms with Crippen molar-refractivity contribution in [2.45, 2.75) is 72.2 Å². The van der Waals surface area contributed by atoms with Crippen LogP contribution in [0.1, 0.15) is 66.4 Å². The summed E-state index contributed by atoms with van der Waals surface area (Å²) in [5.74, 6) is -0.813. The number of amides is 2. The van der Waals surface area contributed by atoms with E-state index in [9.17, 15) is 22.8 Å². The molecule has 0 aliphatic carbocycles. The summed E-state index contributed by atoms with van der Waals surface area (Å²) in [6.07, 6.45) is 3.88. The molecule has 3 aromatic rings. The molecule has 3 rings (SSSR count). The summed E-state index contributed by atoms with van der Waals surface area (Å²) in [6, 6.07) is 16.0. The van der Waals surface area contributed by atoms with Gasteiger partial charge in [0.25, 0.3) is 10.0 Å². The van der Waals surface area contributed by atoms with Gasteiger partial charge in [0, 0.05) is 35.6 Å². The van der Waals surface area contributed by atoms with Crippen molar-refractivity contribution in [2.24, 2.45) is 17.8 Å². The molecule has 0 aliphatic heterocycles. The van der Waals surface area contributed by atoms with Crippen LogP contribution < -0.4 is 15.4 Å². The predicted octanol–water partition coefficient (Wildman–Crippen LogP) is 6.39. The summed E-state index contributed by atoms with van der Waals surface area (Å²) in [5.41, 5.74) is 1.71. The molecule has 43 heavy (non-hydrogen) atoms. The van der Waals surface area contributed by atoms with Gasteiger partial charge in [-0.15, -0.1) is 11.3 Å². The molecule has 0 radical (unpaired) electrons. The Morgan fingerprint density at radius 2 is 1.40 bits per heavy atom. The van der Waals surface area contributed by atoms with Crippen LogP contribution in [0.2, 0.25) is 0 Å². The van der Waals surface area contributed by atoms with Crippen LogP contribution in [0.3, 0.4) is 0 Å². The minimum Gasteiger partial charge on any atom is -0.481 e. The van der Waals surface area contributed by atoms with Crippen molar-refractivity contribution in [1.82, 2.24) is 10.3 Å². The number of carboxylic acid groups (broad SMARTS) is 1. The van der Waals surface area contributed by atoms with Crippen molar-refractivity contribution in [3.05, 3.63) is 71.7 Å². The standard InChI is InChI=1S/C14H17N3O3S2.C12H17NO.C5H10O2/c1-3-10(2)13(18)16-11-4-6-12(7-5-11)22(19,20)17-14-15-8-9-21-14;1-3-10(2)12(14)13-9-11-7-5-4-6-8-11;1-3-4(2)5(6)7/h4-10H,3H2,1-2H3,(H,15,17)(H,16,18);4-8,10H,3,9H2,1-2H3,(H,13,14);4H,3H2,1-2H3,(H,6,7)/t2*10-;4-/m000/s1. The molecule has 0 fully saturated rings. The lowest BCUT2D eigenvalue weighted by Crippen LogP contribution is -2.28. The Kier molecular flexibility index (Phi) is 16.8. The maximum atomic E-state index is 12.2. The lowest BCUT2D eigenvalue weighted by atomic mass is 10.1. The van der Waals surface area contributed by atoms with E-state index in [1.807, 2.05) is 65.0 Å². The van der Waals surface area contributed by atoms with Gasteiger partial charge < -0.3 is 15.7 Å². The minimum absolute atomic E-state index is 0.0842. The highest BCUT2D eigenvalue weighted by atomic mass is 32.2. The van der Waals surface area contributed by atoms with E-state index in [4.69, 9.17) is 5.11 Å². The molecule has 0 bridgehead atoms. The zero-order valence-electron chi connectivity index (χ0n) is 25.7. The first kappa shape index (κ1) is 37.3. The van der Waals surface area contributed by atoms with Gasteiger partial charge in [-0.05, 0) is 49.1 Å². The molecule has 0 saturated heterocycles. The normalized spacial score (nSPS) is 12.6. The number of carbonyl (C=O) groups excluding carboxylic acids is 2. The number of hydrogen-bond acceptors (Lipinski definition) is 7. The lowest BCUT2D eigenvalue weighted by molar-refractivity contribution is -0.141. The number of nitrogens with one attached hydrogen (secondary N) is 3. The first-order valence-electron chi connectivity index (χ1n) is 14.2. The average Bonchev–Trinajstić information content (AvgIpc) is 3.52. The van der Waals surface area contributed by atoms with Gasteiger partial charge >= 0.3 is 5.97 Å². The highest BCUT2D eigenvalue weighted by Crippen LogP contribution is 2.20. The van der Waals surface area contributed by atoms with Crippen LogP contribution in [0.4, 0.5) is 10.8 Å². The Balaban J connectivity index is 0.000000375. The zero-order valence-corrected chi connectivity index (χ0v) is 27.3. The van der Waals surface area contributed by atoms with Crippen LogP contribution in [0.25, 0.3) is 0 Å². The third kappa shape index (κ3) is 14.3. The van der Waals surface area contributed by atoms with Crippen molar-refractivity contribution in [1.29, 1.82) is 0 Å². The first-order chi connectivity index (χ1) is 20.3. The van der Waals surface area contributed by atoms with E-state index in [1.54, 1.807) is 24.4 Å². The molecular weight excluding hydrogens is 588 g/mol. The van der Waals surface area contributed by atoms with Gasteiger partial charge in [0.05, 0.1) is 10.8 Å². The maximum Gasteiger partial charge on any atom is 0.306 e. The Labute approximate surface area is 259 Å². The van der Waals surface area contributed by atoms with Crippen molar-refractivity contribution in [2.75, 3.05) is 10.0 Å². The van der Waals surface area contributed by atoms with Crippen molar-refractivity contribution in [3.63, 3.8) is 0 Å². The molecule has 10 nitrogen and oxygen atoms in total. The lowest BCUT2D eigenvalue weighted by Gasteiger charge is -2.10. The monoisotopic (exact) mass is 632 g/mol. The van der Waals surface area contributed by atoms with Crippen LogP contribution in [0.5, 0.6) is 0 Å². The summed E-state index contributed by atoms with van der Waals surface area (Å²) >= 11 is 1.20. The van der Waals surface area contributed by atoms with Crippen LogP contribution >= 0.6 is 11.3 Å². The molecule has 1 heterocycles. The second-order valence-corrected chi connectivity index (χ2v) is 12.5. The zero-order chi connectivity index (χ0) is 32.4. The van der Waals surface area contributed by atoms with E-state index in [-0.39, 0.29) is 34.5 Å². The summed E-state index contributed by atoms with van der Waals surface area (Å²) in [4.78, 5) is 37.2. The minimum atomic E-state index is -3.66. The molecule has 0 aliphatic rings. The first-order valence-corrected chi connectivity index (χ1v) is 16.6. The fourth-order valence-corrected chi connectivity index (χ4v) is 4.72. The fourth-order valence-electron chi connectivity index (χ4n) is 2.94. The Hall–Kier alpha value is -3.77. The number of carbonyl (C=O) groups is 3. The number of aliphatic carboxylic acids is 1. The number of benzene rings is 2. The summed E-state index contributed by atoms with van der Waals surface area (Å²) in [6.45, 7) is 11.9. The van der Waals surface area contributed by atoms with Crippen LogP contribution in [-0.4, -0.2) is 36.3 Å². The van der Waals surface area contributed by atoms with Gasteiger partial charge in [-0.3, -0.25) is 19.1 Å². The summed E-state index contributed by atoms with van der Waals surface area (Å²) in [7, 11) is -3.66. The molecule has 0 saturated carbocycles. The summed E-state index contributed by atoms with van der Waals surface area (Å²) in [5, 5.41) is 15.8. The highest BCUT2D eigenvalue weighted by molar-refractivity contribution is 7.93. The third-order valence-electron chi connectivity index (χ3n) is 6.55. The Morgan fingerprint density at radius 3 is 1.86 bits per heavy atom. The van der Waals surface area contributed by atoms with Crippen LogP contribution in [0, 0.1) is 17.8 Å². The van der Waals surface area contributed by atoms with Gasteiger partial charge in [-0.25, -0.2) is 13.4 Å². The molecule has 0 spiro atoms. The molecule has 12 heteroatoms. The number of rotatable bonds is 12. The molecule has 1 aromatic heterocycles. The van der Waals surface area contributed by atoms with Crippen LogP contribution in [0.15, 0.2) is 71.1 Å². The topological polar surface area (TPSA) is 155 Å². The number of hydrogen-bond donors (Lipinski definition) is 4. The smallest absolute Gasteiger partial charge is 0.306 e. The van der Waals surface area contributed by atoms with E-state index in [0.717, 1.165) is 24.8 Å². The van der Waals surface area contributed by atoms with E-state index in [1.165, 1.54) is 29.7 Å². The summed E-state index contributed by atoms with van der Waals surface area (Å²) < 4.78 is 26.7. The van der Waals surface area contributed by atoms with E-state index < -0.39 is 16.0 Å². The van der Waals surface area contributed by atoms with E-state index >= 15 is 0 Å². The van der Waals surface area contributed by atoms with Crippen LogP contribution in [-0.2, 0) is 31.0 Å². The van der Waals surface area contributed by atoms with Gasteiger partial charge in [0.15, 0.2) is 5.13 Å². The van der Waals surface area contributed by atoms with Crippen molar-refractivity contribution >= 4 is 50.0 Å². The highest BCUT2D eigenvalue weighted by Gasteiger charge is 2.16. The Morgan fingerprint density at radius 1 is 0.837 bits per heavy atom. The molecule has 0 unspecified atom stereocenters. The van der Waals surface area contributed by atoms with Crippen molar-refractivity contribution in [3.8, 4) is 0 Å². The number of anilines is 2. The molecule has 2 amide bonds. The predicted molar refractivity (Wildman–Crippen MR) is 172 cm³/mol. The second kappa shape index (κ2) is 19.4.